The lowest BCUT2D eigenvalue weighted by atomic mass is 9.95. The molecule has 1 amide bonds. The maximum Gasteiger partial charge on any atom is 0.416 e. The van der Waals surface area contributed by atoms with Gasteiger partial charge in [0.05, 0.1) is 5.56 Å². The van der Waals surface area contributed by atoms with Crippen molar-refractivity contribution < 1.29 is 18.0 Å². The molecule has 25 heavy (non-hydrogen) atoms. The largest absolute Gasteiger partial charge is 0.416 e. The number of alkyl halides is 3. The molecule has 1 saturated heterocycles. The lowest BCUT2D eigenvalue weighted by Crippen LogP contribution is -2.20. The first-order valence-electron chi connectivity index (χ1n) is 7.69. The second-order valence-electron chi connectivity index (χ2n) is 5.97. The van der Waals surface area contributed by atoms with Gasteiger partial charge in [-0.2, -0.15) is 13.2 Å². The minimum absolute atomic E-state index is 0.0149. The molecule has 0 radical (unpaired) electrons. The van der Waals surface area contributed by atoms with Crippen LogP contribution in [0.4, 0.5) is 13.2 Å². The highest BCUT2D eigenvalue weighted by atomic mass is 35.5. The maximum absolute atomic E-state index is 12.7. The Hall–Kier alpha value is -1.72. The van der Waals surface area contributed by atoms with Crippen molar-refractivity contribution in [3.05, 3.63) is 57.6 Å². The van der Waals surface area contributed by atoms with Gasteiger partial charge in [-0.1, -0.05) is 35.3 Å². The quantitative estimate of drug-likeness (QED) is 0.754. The first-order valence-corrected chi connectivity index (χ1v) is 8.44. The Balaban J connectivity index is 1.88. The monoisotopic (exact) mass is 387 g/mol. The van der Waals surface area contributed by atoms with Crippen molar-refractivity contribution in [2.45, 2.75) is 19.0 Å². The van der Waals surface area contributed by atoms with E-state index in [1.807, 2.05) is 0 Å². The molecule has 1 heterocycles. The second kappa shape index (κ2) is 6.89. The zero-order valence-electron chi connectivity index (χ0n) is 13.0. The van der Waals surface area contributed by atoms with E-state index in [0.29, 0.717) is 39.7 Å². The smallest absolute Gasteiger partial charge is 0.356 e. The van der Waals surface area contributed by atoms with Gasteiger partial charge in [0, 0.05) is 22.5 Å². The van der Waals surface area contributed by atoms with Crippen molar-refractivity contribution in [1.82, 2.24) is 5.32 Å². The summed E-state index contributed by atoms with van der Waals surface area (Å²) in [6, 6.07) is 8.14. The molecule has 132 valence electrons. The van der Waals surface area contributed by atoms with Gasteiger partial charge < -0.3 is 5.32 Å². The van der Waals surface area contributed by atoms with Gasteiger partial charge in [-0.05, 0) is 53.8 Å². The fourth-order valence-electron chi connectivity index (χ4n) is 2.90. The predicted octanol–water partition coefficient (Wildman–Crippen LogP) is 5.36. The molecule has 1 aliphatic rings. The van der Waals surface area contributed by atoms with Crippen LogP contribution in [0.15, 0.2) is 36.4 Å². The van der Waals surface area contributed by atoms with Gasteiger partial charge in [-0.3, -0.25) is 4.79 Å². The summed E-state index contributed by atoms with van der Waals surface area (Å²) in [5.41, 5.74) is 1.18. The maximum atomic E-state index is 12.7. The van der Waals surface area contributed by atoms with Crippen LogP contribution in [0.2, 0.25) is 10.0 Å². The van der Waals surface area contributed by atoms with Crippen molar-refractivity contribution in [1.29, 1.82) is 0 Å². The molecule has 1 fully saturated rings. The van der Waals surface area contributed by atoms with Crippen molar-refractivity contribution >= 4 is 29.1 Å². The Morgan fingerprint density at radius 2 is 1.64 bits per heavy atom. The highest BCUT2D eigenvalue weighted by Crippen LogP contribution is 2.36. The van der Waals surface area contributed by atoms with Gasteiger partial charge in [-0.15, -0.1) is 0 Å². The first kappa shape index (κ1) is 18.1. The molecule has 7 heteroatoms. The average molecular weight is 388 g/mol. The number of rotatable bonds is 3. The summed E-state index contributed by atoms with van der Waals surface area (Å²) in [5, 5.41) is 3.58. The Morgan fingerprint density at radius 1 is 1.04 bits per heavy atom. The van der Waals surface area contributed by atoms with Gasteiger partial charge in [0.2, 0.25) is 5.91 Å². The summed E-state index contributed by atoms with van der Waals surface area (Å²) >= 11 is 12.6. The Morgan fingerprint density at radius 3 is 2.12 bits per heavy atom. The Bertz CT molecular complexity index is 780. The van der Waals surface area contributed by atoms with Crippen LogP contribution in [-0.4, -0.2) is 12.5 Å². The molecule has 3 rings (SSSR count). The number of benzene rings is 2. The first-order chi connectivity index (χ1) is 11.8. The lowest BCUT2D eigenvalue weighted by Gasteiger charge is -2.13. The van der Waals surface area contributed by atoms with E-state index in [-0.39, 0.29) is 11.8 Å². The molecule has 1 atom stereocenters. The van der Waals surface area contributed by atoms with Gasteiger partial charge in [-0.25, -0.2) is 0 Å². The van der Waals surface area contributed by atoms with Gasteiger partial charge in [0.25, 0.3) is 0 Å². The summed E-state index contributed by atoms with van der Waals surface area (Å²) in [7, 11) is 0. The van der Waals surface area contributed by atoms with Gasteiger partial charge in [0.1, 0.15) is 0 Å². The Labute approximate surface area is 152 Å². The van der Waals surface area contributed by atoms with E-state index >= 15 is 0 Å². The van der Waals surface area contributed by atoms with Crippen LogP contribution in [0.25, 0.3) is 11.1 Å². The standard InChI is InChI=1S/C18H14Cl2F3NO/c19-15-8-12(10-1-3-13(4-2-10)18(21,22)23)9-16(20)14(15)7-11-5-6-24-17(11)25/h1-4,8-9,11H,5-7H2,(H,24,25)/t11-/m0/s1. The van der Waals surface area contributed by atoms with Crippen LogP contribution in [0.5, 0.6) is 0 Å². The van der Waals surface area contributed by atoms with E-state index in [1.165, 1.54) is 12.1 Å². The number of amides is 1. The number of hydrogen-bond acceptors (Lipinski definition) is 1. The third-order valence-electron chi connectivity index (χ3n) is 4.30. The molecule has 0 saturated carbocycles. The number of hydrogen-bond donors (Lipinski definition) is 1. The Kier molecular flexibility index (Phi) is 4.98. The molecule has 0 spiro atoms. The molecule has 0 unspecified atom stereocenters. The topological polar surface area (TPSA) is 29.1 Å². The highest BCUT2D eigenvalue weighted by Gasteiger charge is 2.30. The van der Waals surface area contributed by atoms with Crippen LogP contribution in [0.1, 0.15) is 17.5 Å². The second-order valence-corrected chi connectivity index (χ2v) is 6.79. The van der Waals surface area contributed by atoms with E-state index < -0.39 is 11.7 Å². The summed E-state index contributed by atoms with van der Waals surface area (Å²) in [5.74, 6) is -0.175. The molecule has 2 aromatic rings. The molecule has 2 nitrogen and oxygen atoms in total. The minimum Gasteiger partial charge on any atom is -0.356 e. The molecule has 0 aliphatic carbocycles. The van der Waals surface area contributed by atoms with Crippen LogP contribution in [-0.2, 0) is 17.4 Å². The van der Waals surface area contributed by atoms with E-state index in [0.717, 1.165) is 18.6 Å². The van der Waals surface area contributed by atoms with Crippen molar-refractivity contribution in [3.63, 3.8) is 0 Å². The van der Waals surface area contributed by atoms with E-state index in [1.54, 1.807) is 12.1 Å². The van der Waals surface area contributed by atoms with E-state index in [9.17, 15) is 18.0 Å². The van der Waals surface area contributed by atoms with Crippen molar-refractivity contribution in [2.24, 2.45) is 5.92 Å². The summed E-state index contributed by atoms with van der Waals surface area (Å²) in [6.45, 7) is 0.641. The molecule has 1 aliphatic heterocycles. The minimum atomic E-state index is -4.38. The van der Waals surface area contributed by atoms with Crippen LogP contribution in [0.3, 0.4) is 0 Å². The number of carbonyl (C=O) groups excluding carboxylic acids is 1. The van der Waals surface area contributed by atoms with Crippen molar-refractivity contribution in [2.75, 3.05) is 6.54 Å². The number of nitrogens with one attached hydrogen (secondary N) is 1. The van der Waals surface area contributed by atoms with Gasteiger partial charge in [0.15, 0.2) is 0 Å². The van der Waals surface area contributed by atoms with Crippen molar-refractivity contribution in [3.8, 4) is 11.1 Å². The molecular weight excluding hydrogens is 374 g/mol. The zero-order valence-corrected chi connectivity index (χ0v) is 14.5. The normalized spacial score (nSPS) is 17.6. The van der Waals surface area contributed by atoms with Crippen LogP contribution in [0, 0.1) is 5.92 Å². The number of carbonyl (C=O) groups is 1. The predicted molar refractivity (Wildman–Crippen MR) is 91.7 cm³/mol. The van der Waals surface area contributed by atoms with E-state index in [4.69, 9.17) is 23.2 Å². The molecule has 1 N–H and O–H groups in total. The third-order valence-corrected chi connectivity index (χ3v) is 4.97. The lowest BCUT2D eigenvalue weighted by molar-refractivity contribution is -0.137. The summed E-state index contributed by atoms with van der Waals surface area (Å²) in [6.07, 6.45) is -3.21. The van der Waals surface area contributed by atoms with E-state index in [2.05, 4.69) is 5.32 Å². The summed E-state index contributed by atoms with van der Waals surface area (Å²) < 4.78 is 38.0. The fourth-order valence-corrected chi connectivity index (χ4v) is 3.54. The zero-order chi connectivity index (χ0) is 18.2. The third kappa shape index (κ3) is 3.93. The van der Waals surface area contributed by atoms with Crippen LogP contribution < -0.4 is 5.32 Å². The summed E-state index contributed by atoms with van der Waals surface area (Å²) in [4.78, 5) is 11.7. The highest BCUT2D eigenvalue weighted by molar-refractivity contribution is 6.36. The molecular formula is C18H14Cl2F3NO. The number of halogens is 5. The molecule has 2 aromatic carbocycles. The SMILES string of the molecule is O=C1NCC[C@H]1Cc1c(Cl)cc(-c2ccc(C(F)(F)F)cc2)cc1Cl. The van der Waals surface area contributed by atoms with Crippen LogP contribution >= 0.6 is 23.2 Å². The molecule has 0 bridgehead atoms. The molecule has 0 aromatic heterocycles. The average Bonchev–Trinajstić information content (AvgIpc) is 2.95. The fraction of sp³-hybridized carbons (Fsp3) is 0.278. The van der Waals surface area contributed by atoms with Gasteiger partial charge >= 0.3 is 6.18 Å².